The van der Waals surface area contributed by atoms with Gasteiger partial charge in [-0.25, -0.2) is 0 Å². The number of para-hydroxylation sites is 1. The van der Waals surface area contributed by atoms with Crippen molar-refractivity contribution < 1.29 is 14.3 Å². The molecule has 0 saturated carbocycles. The minimum absolute atomic E-state index is 0. The molecule has 1 aliphatic heterocycles. The lowest BCUT2D eigenvalue weighted by Crippen LogP contribution is -2.52. The zero-order valence-corrected chi connectivity index (χ0v) is 20.5. The first-order valence-electron chi connectivity index (χ1n) is 11.6. The largest absolute Gasteiger partial charge is 0.496 e. The Morgan fingerprint density at radius 3 is 2.64 bits per heavy atom. The molecule has 2 unspecified atom stereocenters. The molecule has 7 heteroatoms. The number of aryl methyl sites for hydroxylation is 2. The summed E-state index contributed by atoms with van der Waals surface area (Å²) in [7, 11) is 3.43. The standard InChI is InChI=1S/C26H33N3O3.ClH/c1-17(27-2)25(30)28-22-14-12-19-9-5-7-11-23(19)29(26(22)31)16-21-20-10-6-4-8-18(20)13-15-24(21)32-3;/h5,7,9,11,13,15,17,22,27H,4,6,8,10,12,14,16H2,1-3H3,(H,28,30);1H. The summed E-state index contributed by atoms with van der Waals surface area (Å²) in [6.45, 7) is 2.24. The van der Waals surface area contributed by atoms with Gasteiger partial charge in [0, 0.05) is 11.3 Å². The van der Waals surface area contributed by atoms with Crippen molar-refractivity contribution in [1.29, 1.82) is 0 Å². The SMILES string of the molecule is CNC(C)C(=O)NC1CCc2ccccc2N(Cc2c(OC)ccc3c2CCCC3)C1=O.Cl. The Morgan fingerprint density at radius 1 is 1.12 bits per heavy atom. The van der Waals surface area contributed by atoms with Gasteiger partial charge in [0.15, 0.2) is 0 Å². The van der Waals surface area contributed by atoms with Crippen LogP contribution < -0.4 is 20.3 Å². The van der Waals surface area contributed by atoms with Crippen molar-refractivity contribution >= 4 is 29.9 Å². The highest BCUT2D eigenvalue weighted by molar-refractivity contribution is 6.01. The maximum Gasteiger partial charge on any atom is 0.249 e. The van der Waals surface area contributed by atoms with Crippen LogP contribution in [0.15, 0.2) is 36.4 Å². The second-order valence-electron chi connectivity index (χ2n) is 8.75. The number of nitrogens with one attached hydrogen (secondary N) is 2. The van der Waals surface area contributed by atoms with Gasteiger partial charge in [0.1, 0.15) is 11.8 Å². The summed E-state index contributed by atoms with van der Waals surface area (Å²) in [4.78, 5) is 28.2. The molecule has 2 aliphatic rings. The van der Waals surface area contributed by atoms with Crippen molar-refractivity contribution in [3.8, 4) is 5.75 Å². The number of benzene rings is 2. The number of carbonyl (C=O) groups excluding carboxylic acids is 2. The van der Waals surface area contributed by atoms with Gasteiger partial charge in [-0.05, 0) is 81.3 Å². The minimum atomic E-state index is -0.559. The Kier molecular flexibility index (Phi) is 8.38. The van der Waals surface area contributed by atoms with Gasteiger partial charge in [0.25, 0.3) is 0 Å². The van der Waals surface area contributed by atoms with Gasteiger partial charge >= 0.3 is 0 Å². The second kappa shape index (κ2) is 11.0. The van der Waals surface area contributed by atoms with E-state index in [-0.39, 0.29) is 30.3 Å². The predicted octanol–water partition coefficient (Wildman–Crippen LogP) is 3.57. The molecule has 2 atom stereocenters. The van der Waals surface area contributed by atoms with Gasteiger partial charge in [0.05, 0.1) is 19.7 Å². The van der Waals surface area contributed by atoms with Crippen molar-refractivity contribution in [2.24, 2.45) is 0 Å². The fraction of sp³-hybridized carbons (Fsp3) is 0.462. The summed E-state index contributed by atoms with van der Waals surface area (Å²) in [6, 6.07) is 11.3. The number of hydrogen-bond donors (Lipinski definition) is 2. The van der Waals surface area contributed by atoms with E-state index in [1.807, 2.05) is 29.2 Å². The van der Waals surface area contributed by atoms with Crippen molar-refractivity contribution in [3.05, 3.63) is 58.7 Å². The van der Waals surface area contributed by atoms with E-state index < -0.39 is 6.04 Å². The van der Waals surface area contributed by atoms with Gasteiger partial charge < -0.3 is 20.3 Å². The third kappa shape index (κ3) is 5.17. The van der Waals surface area contributed by atoms with Crippen LogP contribution in [0.2, 0.25) is 0 Å². The average molecular weight is 472 g/mol. The van der Waals surface area contributed by atoms with E-state index in [0.717, 1.165) is 48.2 Å². The molecule has 6 nitrogen and oxygen atoms in total. The Labute approximate surface area is 202 Å². The van der Waals surface area contributed by atoms with E-state index in [9.17, 15) is 9.59 Å². The van der Waals surface area contributed by atoms with Crippen molar-refractivity contribution in [1.82, 2.24) is 10.6 Å². The summed E-state index contributed by atoms with van der Waals surface area (Å²) in [5, 5.41) is 5.93. The van der Waals surface area contributed by atoms with Gasteiger partial charge in [-0.15, -0.1) is 12.4 Å². The highest BCUT2D eigenvalue weighted by atomic mass is 35.5. The molecule has 0 saturated heterocycles. The smallest absolute Gasteiger partial charge is 0.249 e. The van der Waals surface area contributed by atoms with Crippen LogP contribution >= 0.6 is 12.4 Å². The van der Waals surface area contributed by atoms with Crippen molar-refractivity contribution in [3.63, 3.8) is 0 Å². The zero-order valence-electron chi connectivity index (χ0n) is 19.6. The number of ether oxygens (including phenoxy) is 1. The molecule has 2 amide bonds. The fourth-order valence-corrected chi connectivity index (χ4v) is 4.85. The zero-order chi connectivity index (χ0) is 22.7. The van der Waals surface area contributed by atoms with Crippen molar-refractivity contribution in [2.75, 3.05) is 19.1 Å². The Hall–Kier alpha value is -2.57. The summed E-state index contributed by atoms with van der Waals surface area (Å²) in [5.74, 6) is 0.595. The van der Waals surface area contributed by atoms with E-state index in [1.165, 1.54) is 17.5 Å². The maximum absolute atomic E-state index is 13.8. The van der Waals surface area contributed by atoms with Crippen LogP contribution in [-0.4, -0.2) is 38.1 Å². The molecule has 1 heterocycles. The number of amides is 2. The van der Waals surface area contributed by atoms with E-state index in [4.69, 9.17) is 4.74 Å². The number of halogens is 1. The van der Waals surface area contributed by atoms with Gasteiger partial charge in [-0.3, -0.25) is 9.59 Å². The number of nitrogens with zero attached hydrogens (tertiary/aromatic N) is 1. The Morgan fingerprint density at radius 2 is 1.88 bits per heavy atom. The molecule has 0 fully saturated rings. The van der Waals surface area contributed by atoms with Crippen LogP contribution in [0.4, 0.5) is 5.69 Å². The molecule has 4 rings (SSSR count). The second-order valence-corrected chi connectivity index (χ2v) is 8.75. The molecule has 33 heavy (non-hydrogen) atoms. The van der Waals surface area contributed by atoms with E-state index in [2.05, 4.69) is 22.8 Å². The predicted molar refractivity (Wildman–Crippen MR) is 133 cm³/mol. The first kappa shape index (κ1) is 25.1. The molecular formula is C26H34ClN3O3. The summed E-state index contributed by atoms with van der Waals surface area (Å²) >= 11 is 0. The van der Waals surface area contributed by atoms with Crippen molar-refractivity contribution in [2.45, 2.75) is 64.1 Å². The normalized spacial score (nSPS) is 18.3. The number of anilines is 1. The fourth-order valence-electron chi connectivity index (χ4n) is 4.85. The maximum atomic E-state index is 13.8. The van der Waals surface area contributed by atoms with E-state index in [1.54, 1.807) is 21.1 Å². The first-order valence-corrected chi connectivity index (χ1v) is 11.6. The van der Waals surface area contributed by atoms with Crippen LogP contribution in [0.3, 0.4) is 0 Å². The van der Waals surface area contributed by atoms with E-state index in [0.29, 0.717) is 13.0 Å². The molecule has 178 valence electrons. The number of methoxy groups -OCH3 is 1. The Balaban J connectivity index is 0.00000306. The lowest BCUT2D eigenvalue weighted by atomic mass is 9.87. The summed E-state index contributed by atoms with van der Waals surface area (Å²) in [5.41, 5.74) is 5.81. The highest BCUT2D eigenvalue weighted by Gasteiger charge is 2.33. The van der Waals surface area contributed by atoms with Gasteiger partial charge in [-0.1, -0.05) is 24.3 Å². The number of carbonyl (C=O) groups is 2. The number of hydrogen-bond acceptors (Lipinski definition) is 4. The lowest BCUT2D eigenvalue weighted by Gasteiger charge is -2.30. The third-order valence-corrected chi connectivity index (χ3v) is 6.84. The number of likely N-dealkylation sites (N-methyl/N-ethyl adjacent to an activating group) is 1. The molecule has 0 aromatic heterocycles. The number of rotatable bonds is 6. The molecule has 1 aliphatic carbocycles. The van der Waals surface area contributed by atoms with Crippen LogP contribution in [-0.2, 0) is 35.4 Å². The minimum Gasteiger partial charge on any atom is -0.496 e. The average Bonchev–Trinajstić information content (AvgIpc) is 2.95. The first-order chi connectivity index (χ1) is 15.5. The highest BCUT2D eigenvalue weighted by Crippen LogP contribution is 2.35. The molecule has 2 N–H and O–H groups in total. The van der Waals surface area contributed by atoms with Gasteiger partial charge in [-0.2, -0.15) is 0 Å². The third-order valence-electron chi connectivity index (χ3n) is 6.84. The molecule has 0 radical (unpaired) electrons. The summed E-state index contributed by atoms with van der Waals surface area (Å²) in [6.07, 6.45) is 5.74. The van der Waals surface area contributed by atoms with Crippen LogP contribution in [0.1, 0.15) is 48.4 Å². The lowest BCUT2D eigenvalue weighted by molar-refractivity contribution is -0.128. The number of fused-ring (bicyclic) bond motifs is 2. The monoisotopic (exact) mass is 471 g/mol. The van der Waals surface area contributed by atoms with E-state index >= 15 is 0 Å². The molecule has 0 bridgehead atoms. The van der Waals surface area contributed by atoms with Gasteiger partial charge in [0.2, 0.25) is 11.8 Å². The molecule has 2 aromatic rings. The van der Waals surface area contributed by atoms with Crippen LogP contribution in [0.5, 0.6) is 5.75 Å². The topological polar surface area (TPSA) is 70.7 Å². The van der Waals surface area contributed by atoms with Crippen LogP contribution in [0.25, 0.3) is 0 Å². The summed E-state index contributed by atoms with van der Waals surface area (Å²) < 4.78 is 5.73. The van der Waals surface area contributed by atoms with Crippen LogP contribution in [0, 0.1) is 0 Å². The molecular weight excluding hydrogens is 438 g/mol. The quantitative estimate of drug-likeness (QED) is 0.675. The Bertz CT molecular complexity index is 1010. The molecule has 0 spiro atoms. The molecule has 2 aromatic carbocycles.